The molecule has 0 radical (unpaired) electrons. The maximum Gasteiger partial charge on any atom is 3.00 e. The molecule has 4 aromatic carbocycles. The Kier molecular flexibility index (Phi) is 8.49. The van der Waals surface area contributed by atoms with E-state index in [2.05, 4.69) is 96.7 Å². The number of para-hydroxylation sites is 1. The molecule has 0 bridgehead atoms. The summed E-state index contributed by atoms with van der Waals surface area (Å²) in [6, 6.07) is 39.2. The van der Waals surface area contributed by atoms with Gasteiger partial charge in [0.1, 0.15) is 11.3 Å². The van der Waals surface area contributed by atoms with E-state index in [4.69, 9.17) is 4.74 Å². The summed E-state index contributed by atoms with van der Waals surface area (Å²) in [4.78, 5) is 4.22. The smallest absolute Gasteiger partial charge is 0.523 e. The molecule has 0 unspecified atom stereocenters. The van der Waals surface area contributed by atoms with Crippen molar-refractivity contribution in [1.29, 1.82) is 0 Å². The van der Waals surface area contributed by atoms with Gasteiger partial charge in [-0.1, -0.05) is 64.1 Å². The van der Waals surface area contributed by atoms with Crippen molar-refractivity contribution in [1.82, 2.24) is 9.55 Å². The molecule has 4 nitrogen and oxygen atoms in total. The maximum absolute atomic E-state index is 6.36. The zero-order valence-electron chi connectivity index (χ0n) is 23.6. The first-order valence-electron chi connectivity index (χ1n) is 13.7. The molecule has 6 aromatic rings. The summed E-state index contributed by atoms with van der Waals surface area (Å²) in [6.45, 7) is 8.80. The number of hydrogen-bond acceptors (Lipinski definition) is 2. The van der Waals surface area contributed by atoms with Crippen LogP contribution in [0.4, 0.5) is 0 Å². The number of pyridine rings is 1. The van der Waals surface area contributed by atoms with Crippen molar-refractivity contribution in [2.75, 3.05) is 0 Å². The van der Waals surface area contributed by atoms with Gasteiger partial charge in [-0.05, 0) is 53.0 Å². The van der Waals surface area contributed by atoms with E-state index in [1.54, 1.807) is 6.20 Å². The number of ether oxygens (including phenoxy) is 1. The molecule has 0 saturated heterocycles. The van der Waals surface area contributed by atoms with E-state index in [9.17, 15) is 0 Å². The molecule has 0 saturated carbocycles. The predicted molar refractivity (Wildman–Crippen MR) is 159 cm³/mol. The number of nitrogens with zero attached hydrogens (tertiary/aromatic N) is 3. The minimum absolute atomic E-state index is 0. The van der Waals surface area contributed by atoms with E-state index in [0.717, 1.165) is 45.2 Å². The summed E-state index contributed by atoms with van der Waals surface area (Å²) in [5.41, 5.74) is 8.65. The van der Waals surface area contributed by atoms with Crippen LogP contribution in [0.5, 0.6) is 11.5 Å². The number of rotatable bonds is 4. The van der Waals surface area contributed by atoms with Crippen molar-refractivity contribution in [2.45, 2.75) is 39.5 Å². The Morgan fingerprint density at radius 2 is 1.59 bits per heavy atom. The van der Waals surface area contributed by atoms with E-state index >= 15 is 0 Å². The molecule has 0 fully saturated rings. The number of imidazole rings is 1. The molecular formula is C36H31IrN3O+. The van der Waals surface area contributed by atoms with Crippen LogP contribution in [-0.2, 0) is 20.1 Å². The summed E-state index contributed by atoms with van der Waals surface area (Å²) in [6.07, 6.45) is 5.33. The second-order valence-corrected chi connectivity index (χ2v) is 10.5. The van der Waals surface area contributed by atoms with E-state index in [1.165, 1.54) is 11.1 Å². The van der Waals surface area contributed by atoms with Crippen molar-refractivity contribution >= 4 is 11.0 Å². The van der Waals surface area contributed by atoms with Crippen LogP contribution in [0.1, 0.15) is 50.7 Å². The largest absolute Gasteiger partial charge is 3.00 e. The summed E-state index contributed by atoms with van der Waals surface area (Å²) in [5.74, 6) is 2.63. The first-order chi connectivity index (χ1) is 19.5. The average molecular weight is 714 g/mol. The summed E-state index contributed by atoms with van der Waals surface area (Å²) in [5, 5.41) is 0. The second kappa shape index (κ2) is 12.2. The third kappa shape index (κ3) is 5.61. The van der Waals surface area contributed by atoms with Crippen LogP contribution >= 0.6 is 0 Å². The van der Waals surface area contributed by atoms with Crippen LogP contribution in [0, 0.1) is 18.5 Å². The van der Waals surface area contributed by atoms with Gasteiger partial charge in [-0.25, -0.2) is 0 Å². The van der Waals surface area contributed by atoms with Gasteiger partial charge >= 0.3 is 20.1 Å². The predicted octanol–water partition coefficient (Wildman–Crippen LogP) is 8.41. The van der Waals surface area contributed by atoms with Gasteiger partial charge in [0, 0.05) is 11.9 Å². The van der Waals surface area contributed by atoms with Crippen molar-refractivity contribution < 1.29 is 29.4 Å². The molecule has 204 valence electrons. The Balaban J connectivity index is 0.000000218. The van der Waals surface area contributed by atoms with Crippen LogP contribution < -0.4 is 9.30 Å². The van der Waals surface area contributed by atoms with Gasteiger partial charge in [0.2, 0.25) is 0 Å². The van der Waals surface area contributed by atoms with Gasteiger partial charge in [0.15, 0.2) is 0 Å². The molecule has 2 aromatic heterocycles. The van der Waals surface area contributed by atoms with Crippen LogP contribution in [-0.4, -0.2) is 9.55 Å². The molecule has 0 amide bonds. The topological polar surface area (TPSA) is 30.9 Å². The zero-order chi connectivity index (χ0) is 27.6. The molecule has 1 aliphatic rings. The van der Waals surface area contributed by atoms with Crippen molar-refractivity contribution in [3.8, 4) is 34.1 Å². The van der Waals surface area contributed by atoms with Crippen molar-refractivity contribution in [3.63, 3.8) is 0 Å². The van der Waals surface area contributed by atoms with Crippen molar-refractivity contribution in [3.05, 3.63) is 133 Å². The molecule has 41 heavy (non-hydrogen) atoms. The number of hydrogen-bond donors (Lipinski definition) is 0. The van der Waals surface area contributed by atoms with E-state index in [-0.39, 0.29) is 20.1 Å². The number of benzene rings is 4. The Bertz CT molecular complexity index is 1720. The molecule has 0 N–H and O–H groups in total. The summed E-state index contributed by atoms with van der Waals surface area (Å²) < 4.78 is 10.6. The fraction of sp³-hybridized carbons (Fsp3) is 0.167. The van der Waals surface area contributed by atoms with Crippen LogP contribution in [0.15, 0.2) is 103 Å². The SMILES string of the molecule is CC(C)c1ccc(-n2[c-][n+]3c4c(cccc42)Oc2c-3[c-]ccc2C(C)C)cc1.[Ir+3].[c-]1ccccc1-c1ccccn1. The zero-order valence-corrected chi connectivity index (χ0v) is 25.9. The normalized spacial score (nSPS) is 11.4. The first-order valence-corrected chi connectivity index (χ1v) is 13.7. The van der Waals surface area contributed by atoms with E-state index in [0.29, 0.717) is 11.8 Å². The molecule has 0 atom stereocenters. The first kappa shape index (κ1) is 28.5. The summed E-state index contributed by atoms with van der Waals surface area (Å²) in [7, 11) is 0. The fourth-order valence-electron chi connectivity index (χ4n) is 4.97. The maximum atomic E-state index is 6.36. The molecule has 1 aliphatic heterocycles. The van der Waals surface area contributed by atoms with Gasteiger partial charge in [0.05, 0.1) is 11.2 Å². The Morgan fingerprint density at radius 1 is 0.780 bits per heavy atom. The average Bonchev–Trinajstić information content (AvgIpc) is 3.39. The van der Waals surface area contributed by atoms with Crippen LogP contribution in [0.3, 0.4) is 0 Å². The quantitative estimate of drug-likeness (QED) is 0.136. The molecule has 3 heterocycles. The monoisotopic (exact) mass is 714 g/mol. The van der Waals surface area contributed by atoms with Crippen LogP contribution in [0.2, 0.25) is 0 Å². The minimum atomic E-state index is 0. The molecule has 0 aliphatic carbocycles. The molecule has 5 heteroatoms. The van der Waals surface area contributed by atoms with Gasteiger partial charge in [0.25, 0.3) is 6.33 Å². The minimum Gasteiger partial charge on any atom is -0.523 e. The van der Waals surface area contributed by atoms with E-state index < -0.39 is 0 Å². The third-order valence-electron chi connectivity index (χ3n) is 7.13. The van der Waals surface area contributed by atoms with Gasteiger partial charge < -0.3 is 14.3 Å². The number of fused-ring (bicyclic) bond motifs is 2. The van der Waals surface area contributed by atoms with Gasteiger partial charge in [-0.3, -0.25) is 4.57 Å². The standard InChI is InChI=1S/C25H23N2O.C11H8N.Ir/c1-16(2)18-11-13-19(14-12-18)26-15-27-22-9-5-7-20(17(3)4)25(22)28-23-10-6-8-21(26)24(23)27;1-2-6-10(7-3-1)11-8-4-5-9-12-11;/h5-8,10-14,16-17H,1-4H3;1-6,8-9H;/q2*-1;+3. The Hall–Kier alpha value is -4.05. The third-order valence-corrected chi connectivity index (χ3v) is 7.13. The fourth-order valence-corrected chi connectivity index (χ4v) is 4.97. The molecule has 0 spiro atoms. The second-order valence-electron chi connectivity index (χ2n) is 10.5. The van der Waals surface area contributed by atoms with E-state index in [1.807, 2.05) is 60.7 Å². The van der Waals surface area contributed by atoms with Gasteiger partial charge in [-0.2, -0.15) is 18.2 Å². The van der Waals surface area contributed by atoms with Crippen LogP contribution in [0.25, 0.3) is 33.7 Å². The Morgan fingerprint density at radius 3 is 2.27 bits per heavy atom. The van der Waals surface area contributed by atoms with Gasteiger partial charge in [-0.15, -0.1) is 41.5 Å². The Labute approximate surface area is 255 Å². The number of aromatic nitrogens is 3. The summed E-state index contributed by atoms with van der Waals surface area (Å²) >= 11 is 0. The molecular weight excluding hydrogens is 683 g/mol. The van der Waals surface area contributed by atoms with Crippen molar-refractivity contribution in [2.24, 2.45) is 0 Å². The molecule has 7 rings (SSSR count).